The molecule has 0 atom stereocenters. The fraction of sp³-hybridized carbons (Fsp3) is 0. The topological polar surface area (TPSA) is 43.9 Å². The van der Waals surface area contributed by atoms with E-state index in [-0.39, 0.29) is 0 Å². The summed E-state index contributed by atoms with van der Waals surface area (Å²) in [5.41, 5.74) is 9.89. The first-order valence-corrected chi connectivity index (χ1v) is 16.2. The van der Waals surface area contributed by atoms with E-state index in [2.05, 4.69) is 132 Å². The molecule has 4 nitrogen and oxygen atoms in total. The molecule has 224 valence electrons. The molecule has 0 spiro atoms. The summed E-state index contributed by atoms with van der Waals surface area (Å²) in [5, 5.41) is 6.97. The molecule has 0 aliphatic rings. The Morgan fingerprint density at radius 2 is 1.04 bits per heavy atom. The Kier molecular flexibility index (Phi) is 5.84. The lowest BCUT2D eigenvalue weighted by Crippen LogP contribution is -1.97. The van der Waals surface area contributed by atoms with Gasteiger partial charge in [0.1, 0.15) is 5.58 Å². The molecule has 0 unspecified atom stereocenters. The van der Waals surface area contributed by atoms with Gasteiger partial charge in [-0.15, -0.1) is 0 Å². The third kappa shape index (κ3) is 4.16. The zero-order valence-electron chi connectivity index (χ0n) is 25.8. The molecule has 0 aliphatic carbocycles. The molecule has 3 heterocycles. The molecule has 4 heteroatoms. The minimum Gasteiger partial charge on any atom is -0.454 e. The highest BCUT2D eigenvalue weighted by Gasteiger charge is 2.19. The van der Waals surface area contributed by atoms with Gasteiger partial charge >= 0.3 is 0 Å². The van der Waals surface area contributed by atoms with Gasteiger partial charge in [0, 0.05) is 43.9 Å². The largest absolute Gasteiger partial charge is 0.454 e. The van der Waals surface area contributed by atoms with Gasteiger partial charge in [-0.2, -0.15) is 0 Å². The summed E-state index contributed by atoms with van der Waals surface area (Å²) < 4.78 is 9.06. The maximum absolute atomic E-state index is 6.73. The fourth-order valence-electron chi connectivity index (χ4n) is 7.08. The SMILES string of the molecule is c1ccc(-c2cc(-c3ccccc3)nc(-c3ccc(-n4c5ccccc5c5ccc6c7cc8ccccc8cc7oc6c54)cc3)n2)cc1. The summed E-state index contributed by atoms with van der Waals surface area (Å²) in [6.45, 7) is 0. The predicted octanol–water partition coefficient (Wildman–Crippen LogP) is 11.6. The van der Waals surface area contributed by atoms with Crippen molar-refractivity contribution in [2.45, 2.75) is 0 Å². The van der Waals surface area contributed by atoms with Crippen molar-refractivity contribution in [2.24, 2.45) is 0 Å². The number of rotatable bonds is 4. The van der Waals surface area contributed by atoms with Gasteiger partial charge in [-0.05, 0) is 65.4 Å². The Bertz CT molecular complexity index is 2760. The summed E-state index contributed by atoms with van der Waals surface area (Å²) in [7, 11) is 0. The molecule has 10 aromatic rings. The summed E-state index contributed by atoms with van der Waals surface area (Å²) in [4.78, 5) is 10.1. The summed E-state index contributed by atoms with van der Waals surface area (Å²) in [5.74, 6) is 0.690. The van der Waals surface area contributed by atoms with Crippen LogP contribution in [0.3, 0.4) is 0 Å². The monoisotopic (exact) mass is 613 g/mol. The molecule has 0 radical (unpaired) electrons. The van der Waals surface area contributed by atoms with Crippen LogP contribution >= 0.6 is 0 Å². The van der Waals surface area contributed by atoms with Crippen LogP contribution < -0.4 is 0 Å². The number of furan rings is 1. The van der Waals surface area contributed by atoms with E-state index in [1.54, 1.807) is 0 Å². The van der Waals surface area contributed by atoms with E-state index in [0.29, 0.717) is 5.82 Å². The Morgan fingerprint density at radius 1 is 0.438 bits per heavy atom. The van der Waals surface area contributed by atoms with Crippen LogP contribution in [0.1, 0.15) is 0 Å². The van der Waals surface area contributed by atoms with E-state index < -0.39 is 0 Å². The van der Waals surface area contributed by atoms with Crippen molar-refractivity contribution in [1.82, 2.24) is 14.5 Å². The first kappa shape index (κ1) is 26.7. The van der Waals surface area contributed by atoms with Gasteiger partial charge in [0.05, 0.1) is 22.4 Å². The first-order chi connectivity index (χ1) is 23.8. The van der Waals surface area contributed by atoms with Crippen LogP contribution in [0.2, 0.25) is 0 Å². The second-order valence-electron chi connectivity index (χ2n) is 12.2. The first-order valence-electron chi connectivity index (χ1n) is 16.2. The van der Waals surface area contributed by atoms with Crippen LogP contribution in [0.5, 0.6) is 0 Å². The number of para-hydroxylation sites is 1. The normalized spacial score (nSPS) is 11.8. The third-order valence-electron chi connectivity index (χ3n) is 9.39. The molecule has 0 fully saturated rings. The molecule has 0 N–H and O–H groups in total. The molecule has 0 saturated carbocycles. The van der Waals surface area contributed by atoms with Crippen LogP contribution in [0.25, 0.3) is 94.1 Å². The van der Waals surface area contributed by atoms with Gasteiger partial charge in [-0.1, -0.05) is 109 Å². The average Bonchev–Trinajstić information content (AvgIpc) is 3.70. The second kappa shape index (κ2) is 10.5. The number of benzene rings is 7. The fourth-order valence-corrected chi connectivity index (χ4v) is 7.08. The average molecular weight is 614 g/mol. The van der Waals surface area contributed by atoms with Gasteiger partial charge in [0.15, 0.2) is 11.4 Å². The molecule has 3 aromatic heterocycles. The predicted molar refractivity (Wildman–Crippen MR) is 197 cm³/mol. The highest BCUT2D eigenvalue weighted by Crippen LogP contribution is 2.41. The zero-order chi connectivity index (χ0) is 31.6. The highest BCUT2D eigenvalue weighted by molar-refractivity contribution is 6.22. The Balaban J connectivity index is 1.17. The van der Waals surface area contributed by atoms with E-state index in [1.807, 2.05) is 36.4 Å². The summed E-state index contributed by atoms with van der Waals surface area (Å²) in [6.07, 6.45) is 0. The van der Waals surface area contributed by atoms with Crippen molar-refractivity contribution < 1.29 is 4.42 Å². The molecular formula is C44H27N3O. The number of fused-ring (bicyclic) bond motifs is 8. The van der Waals surface area contributed by atoms with Crippen molar-refractivity contribution in [2.75, 3.05) is 0 Å². The number of nitrogens with zero attached hydrogens (tertiary/aromatic N) is 3. The van der Waals surface area contributed by atoms with Gasteiger partial charge in [-0.25, -0.2) is 9.97 Å². The lowest BCUT2D eigenvalue weighted by molar-refractivity contribution is 0.671. The van der Waals surface area contributed by atoms with E-state index in [4.69, 9.17) is 14.4 Å². The van der Waals surface area contributed by atoms with Crippen molar-refractivity contribution >= 4 is 54.5 Å². The Hall–Kier alpha value is -6.52. The molecule has 48 heavy (non-hydrogen) atoms. The van der Waals surface area contributed by atoms with Gasteiger partial charge in [0.2, 0.25) is 0 Å². The van der Waals surface area contributed by atoms with Crippen molar-refractivity contribution in [3.05, 3.63) is 164 Å². The van der Waals surface area contributed by atoms with Crippen LogP contribution in [-0.4, -0.2) is 14.5 Å². The molecular weight excluding hydrogens is 587 g/mol. The highest BCUT2D eigenvalue weighted by atomic mass is 16.3. The summed E-state index contributed by atoms with van der Waals surface area (Å²) >= 11 is 0. The van der Waals surface area contributed by atoms with Crippen LogP contribution in [0.15, 0.2) is 168 Å². The Labute approximate surface area is 276 Å². The number of aromatic nitrogens is 3. The van der Waals surface area contributed by atoms with Crippen LogP contribution in [0.4, 0.5) is 0 Å². The van der Waals surface area contributed by atoms with E-state index in [9.17, 15) is 0 Å². The lowest BCUT2D eigenvalue weighted by atomic mass is 10.0. The maximum Gasteiger partial charge on any atom is 0.160 e. The third-order valence-corrected chi connectivity index (χ3v) is 9.39. The Morgan fingerprint density at radius 3 is 1.75 bits per heavy atom. The zero-order valence-corrected chi connectivity index (χ0v) is 25.8. The second-order valence-corrected chi connectivity index (χ2v) is 12.2. The molecule has 0 aliphatic heterocycles. The molecule has 7 aromatic carbocycles. The minimum absolute atomic E-state index is 0.690. The maximum atomic E-state index is 6.73. The van der Waals surface area contributed by atoms with E-state index >= 15 is 0 Å². The summed E-state index contributed by atoms with van der Waals surface area (Å²) in [6, 6.07) is 57.1. The standard InChI is InChI=1S/C44H27N3O/c1-3-11-28(12-4-1)38-27-39(29-13-5-2-6-14-29)46-44(45-38)30-19-21-33(22-20-30)47-40-18-10-9-17-34(40)35-23-24-36-37-25-31-15-7-8-16-32(31)26-41(37)48-43(36)42(35)47/h1-27H. The number of hydrogen-bond donors (Lipinski definition) is 0. The van der Waals surface area contributed by atoms with Gasteiger partial charge < -0.3 is 8.98 Å². The van der Waals surface area contributed by atoms with Gasteiger partial charge in [-0.3, -0.25) is 0 Å². The van der Waals surface area contributed by atoms with Crippen molar-refractivity contribution in [3.8, 4) is 39.6 Å². The lowest BCUT2D eigenvalue weighted by Gasteiger charge is -2.11. The van der Waals surface area contributed by atoms with Crippen LogP contribution in [-0.2, 0) is 0 Å². The number of hydrogen-bond acceptors (Lipinski definition) is 3. The smallest absolute Gasteiger partial charge is 0.160 e. The van der Waals surface area contributed by atoms with E-state index in [0.717, 1.165) is 72.1 Å². The van der Waals surface area contributed by atoms with E-state index in [1.165, 1.54) is 16.2 Å². The van der Waals surface area contributed by atoms with Crippen molar-refractivity contribution in [1.29, 1.82) is 0 Å². The molecule has 10 rings (SSSR count). The quantitative estimate of drug-likeness (QED) is 0.198. The van der Waals surface area contributed by atoms with Gasteiger partial charge in [0.25, 0.3) is 0 Å². The minimum atomic E-state index is 0.690. The molecule has 0 bridgehead atoms. The molecule has 0 amide bonds. The van der Waals surface area contributed by atoms with Crippen LogP contribution in [0, 0.1) is 0 Å². The molecule has 0 saturated heterocycles. The van der Waals surface area contributed by atoms with Crippen molar-refractivity contribution in [3.63, 3.8) is 0 Å².